The van der Waals surface area contributed by atoms with E-state index < -0.39 is 0 Å². The largest absolute Gasteiger partial charge is 0.372 e. The molecule has 2 aromatic rings. The van der Waals surface area contributed by atoms with Gasteiger partial charge >= 0.3 is 0 Å². The number of guanidine groups is 1. The van der Waals surface area contributed by atoms with Gasteiger partial charge in [-0.15, -0.1) is 0 Å². The Bertz CT molecular complexity index is 676. The standard InChI is InChI=1S/C22H31N3OS/c1-23-22(24-14-8-9-15-27-2)25-16-20-12-6-7-13-21(20)18-26-17-19-10-4-3-5-11-19/h3-7,10-13H,8-9,14-18H2,1-2H3,(H2,23,24,25). The second kappa shape index (κ2) is 13.2. The van der Waals surface area contributed by atoms with Crippen molar-refractivity contribution in [2.24, 2.45) is 4.99 Å². The molecule has 0 saturated heterocycles. The molecule has 0 saturated carbocycles. The molecule has 0 aliphatic carbocycles. The van der Waals surface area contributed by atoms with E-state index in [1.807, 2.05) is 37.0 Å². The maximum atomic E-state index is 5.91. The highest BCUT2D eigenvalue weighted by Crippen LogP contribution is 2.11. The molecule has 0 fully saturated rings. The molecular formula is C22H31N3OS. The van der Waals surface area contributed by atoms with Crippen molar-refractivity contribution in [1.29, 1.82) is 0 Å². The summed E-state index contributed by atoms with van der Waals surface area (Å²) in [6.07, 6.45) is 4.53. The van der Waals surface area contributed by atoms with E-state index in [0.29, 0.717) is 13.2 Å². The maximum absolute atomic E-state index is 5.91. The van der Waals surface area contributed by atoms with Gasteiger partial charge in [-0.05, 0) is 41.5 Å². The summed E-state index contributed by atoms with van der Waals surface area (Å²) < 4.78 is 5.91. The molecule has 0 spiro atoms. The first-order chi connectivity index (χ1) is 13.3. The number of thioether (sulfide) groups is 1. The Labute approximate surface area is 167 Å². The molecule has 0 aliphatic heterocycles. The number of aliphatic imine (C=N–C) groups is 1. The Morgan fingerprint density at radius 3 is 2.41 bits per heavy atom. The zero-order chi connectivity index (χ0) is 19.2. The minimum absolute atomic E-state index is 0.605. The van der Waals surface area contributed by atoms with Gasteiger partial charge in [0.1, 0.15) is 0 Å². The molecule has 0 radical (unpaired) electrons. The minimum Gasteiger partial charge on any atom is -0.372 e. The van der Waals surface area contributed by atoms with Gasteiger partial charge in [0.2, 0.25) is 0 Å². The lowest BCUT2D eigenvalue weighted by molar-refractivity contribution is 0.106. The summed E-state index contributed by atoms with van der Waals surface area (Å²) in [5, 5.41) is 6.78. The Morgan fingerprint density at radius 2 is 1.67 bits per heavy atom. The lowest BCUT2D eigenvalue weighted by Gasteiger charge is -2.14. The van der Waals surface area contributed by atoms with Crippen molar-refractivity contribution >= 4 is 17.7 Å². The van der Waals surface area contributed by atoms with E-state index in [-0.39, 0.29) is 0 Å². The summed E-state index contributed by atoms with van der Waals surface area (Å²) in [6, 6.07) is 18.7. The van der Waals surface area contributed by atoms with Crippen molar-refractivity contribution in [3.63, 3.8) is 0 Å². The number of ether oxygens (including phenoxy) is 1. The third-order valence-electron chi connectivity index (χ3n) is 4.23. The summed E-state index contributed by atoms with van der Waals surface area (Å²) in [5.74, 6) is 2.06. The molecule has 0 unspecified atom stereocenters. The van der Waals surface area contributed by atoms with Gasteiger partial charge in [0, 0.05) is 20.1 Å². The molecule has 0 atom stereocenters. The Morgan fingerprint density at radius 1 is 0.926 bits per heavy atom. The van der Waals surface area contributed by atoms with Crippen LogP contribution in [0.15, 0.2) is 59.6 Å². The normalized spacial score (nSPS) is 11.4. The topological polar surface area (TPSA) is 45.7 Å². The van der Waals surface area contributed by atoms with E-state index in [2.05, 4.69) is 58.3 Å². The van der Waals surface area contributed by atoms with Crippen LogP contribution >= 0.6 is 11.8 Å². The van der Waals surface area contributed by atoms with Gasteiger partial charge in [0.15, 0.2) is 5.96 Å². The number of rotatable bonds is 11. The second-order valence-corrected chi connectivity index (χ2v) is 7.29. The smallest absolute Gasteiger partial charge is 0.191 e. The average molecular weight is 386 g/mol. The van der Waals surface area contributed by atoms with Crippen LogP contribution in [0.2, 0.25) is 0 Å². The van der Waals surface area contributed by atoms with Crippen LogP contribution in [0.4, 0.5) is 0 Å². The highest BCUT2D eigenvalue weighted by molar-refractivity contribution is 7.98. The fourth-order valence-corrected chi connectivity index (χ4v) is 3.19. The summed E-state index contributed by atoms with van der Waals surface area (Å²) in [5.41, 5.74) is 3.63. The Kier molecular flexibility index (Phi) is 10.4. The van der Waals surface area contributed by atoms with Gasteiger partial charge in [-0.2, -0.15) is 11.8 Å². The van der Waals surface area contributed by atoms with Crippen LogP contribution in [-0.2, 0) is 24.5 Å². The molecular weight excluding hydrogens is 354 g/mol. The summed E-state index contributed by atoms with van der Waals surface area (Å²) >= 11 is 1.89. The van der Waals surface area contributed by atoms with Gasteiger partial charge in [-0.25, -0.2) is 0 Å². The second-order valence-electron chi connectivity index (χ2n) is 6.30. The number of nitrogens with zero attached hydrogens (tertiary/aromatic N) is 1. The van der Waals surface area contributed by atoms with E-state index in [1.54, 1.807) is 0 Å². The first kappa shape index (κ1) is 21.3. The van der Waals surface area contributed by atoms with Crippen LogP contribution in [-0.4, -0.2) is 31.6 Å². The van der Waals surface area contributed by atoms with Gasteiger partial charge in [-0.3, -0.25) is 4.99 Å². The third-order valence-corrected chi connectivity index (χ3v) is 4.92. The third kappa shape index (κ3) is 8.50. The van der Waals surface area contributed by atoms with Crippen LogP contribution in [0.3, 0.4) is 0 Å². The van der Waals surface area contributed by atoms with Crippen LogP contribution < -0.4 is 10.6 Å². The number of hydrogen-bond acceptors (Lipinski definition) is 3. The molecule has 5 heteroatoms. The minimum atomic E-state index is 0.605. The van der Waals surface area contributed by atoms with Crippen LogP contribution in [0, 0.1) is 0 Å². The predicted molar refractivity (Wildman–Crippen MR) is 117 cm³/mol. The highest BCUT2D eigenvalue weighted by atomic mass is 32.2. The van der Waals surface area contributed by atoms with E-state index in [4.69, 9.17) is 4.74 Å². The van der Waals surface area contributed by atoms with Crippen molar-refractivity contribution in [1.82, 2.24) is 10.6 Å². The number of hydrogen-bond donors (Lipinski definition) is 2. The quantitative estimate of drug-likeness (QED) is 0.345. The first-order valence-corrected chi connectivity index (χ1v) is 10.8. The molecule has 146 valence electrons. The predicted octanol–water partition coefficient (Wildman–Crippen LogP) is 4.21. The summed E-state index contributed by atoms with van der Waals surface area (Å²) in [7, 11) is 1.81. The molecule has 2 rings (SSSR count). The number of unbranched alkanes of at least 4 members (excludes halogenated alkanes) is 1. The van der Waals surface area contributed by atoms with Crippen LogP contribution in [0.5, 0.6) is 0 Å². The van der Waals surface area contributed by atoms with Crippen molar-refractivity contribution in [2.75, 3.05) is 25.6 Å². The van der Waals surface area contributed by atoms with E-state index in [1.165, 1.54) is 28.9 Å². The van der Waals surface area contributed by atoms with E-state index in [0.717, 1.165) is 25.5 Å². The monoisotopic (exact) mass is 385 g/mol. The van der Waals surface area contributed by atoms with Crippen molar-refractivity contribution in [3.05, 3.63) is 71.3 Å². The zero-order valence-electron chi connectivity index (χ0n) is 16.4. The molecule has 4 nitrogen and oxygen atoms in total. The van der Waals surface area contributed by atoms with Gasteiger partial charge < -0.3 is 15.4 Å². The van der Waals surface area contributed by atoms with Crippen molar-refractivity contribution in [2.45, 2.75) is 32.6 Å². The zero-order valence-corrected chi connectivity index (χ0v) is 17.2. The Balaban J connectivity index is 1.78. The van der Waals surface area contributed by atoms with Gasteiger partial charge in [-0.1, -0.05) is 54.6 Å². The molecule has 0 amide bonds. The summed E-state index contributed by atoms with van der Waals surface area (Å²) in [4.78, 5) is 4.31. The van der Waals surface area contributed by atoms with E-state index in [9.17, 15) is 0 Å². The van der Waals surface area contributed by atoms with Crippen molar-refractivity contribution in [3.8, 4) is 0 Å². The average Bonchev–Trinajstić information content (AvgIpc) is 2.72. The molecule has 27 heavy (non-hydrogen) atoms. The summed E-state index contributed by atoms with van der Waals surface area (Å²) in [6.45, 7) is 2.91. The molecule has 2 aromatic carbocycles. The lowest BCUT2D eigenvalue weighted by Crippen LogP contribution is -2.37. The highest BCUT2D eigenvalue weighted by Gasteiger charge is 2.04. The van der Waals surface area contributed by atoms with Crippen molar-refractivity contribution < 1.29 is 4.74 Å². The molecule has 0 aliphatic rings. The van der Waals surface area contributed by atoms with Gasteiger partial charge in [0.25, 0.3) is 0 Å². The van der Waals surface area contributed by atoms with Crippen LogP contribution in [0.1, 0.15) is 29.5 Å². The molecule has 2 N–H and O–H groups in total. The fourth-order valence-electron chi connectivity index (χ4n) is 2.70. The molecule has 0 bridgehead atoms. The Hall–Kier alpha value is -1.98. The fraction of sp³-hybridized carbons (Fsp3) is 0.409. The van der Waals surface area contributed by atoms with Gasteiger partial charge in [0.05, 0.1) is 13.2 Å². The number of nitrogens with one attached hydrogen (secondary N) is 2. The number of benzene rings is 2. The van der Waals surface area contributed by atoms with Crippen LogP contribution in [0.25, 0.3) is 0 Å². The lowest BCUT2D eigenvalue weighted by atomic mass is 10.1. The molecule has 0 aromatic heterocycles. The van der Waals surface area contributed by atoms with E-state index >= 15 is 0 Å². The maximum Gasteiger partial charge on any atom is 0.191 e. The SMILES string of the molecule is CN=C(NCCCCSC)NCc1ccccc1COCc1ccccc1. The first-order valence-electron chi connectivity index (χ1n) is 9.45. The molecule has 0 heterocycles.